The van der Waals surface area contributed by atoms with Crippen LogP contribution in [0.1, 0.15) is 38.5 Å². The topological polar surface area (TPSA) is 49.6 Å². The summed E-state index contributed by atoms with van der Waals surface area (Å²) in [5.74, 6) is 0.328. The molecule has 1 heterocycles. The van der Waals surface area contributed by atoms with E-state index in [-0.39, 0.29) is 30.2 Å². The summed E-state index contributed by atoms with van der Waals surface area (Å²) in [6.07, 6.45) is 6.63. The summed E-state index contributed by atoms with van der Waals surface area (Å²) in [6.45, 7) is 2.33. The van der Waals surface area contributed by atoms with Crippen molar-refractivity contribution >= 4 is 30.7 Å². The Morgan fingerprint density at radius 3 is 2.35 bits per heavy atom. The number of halogens is 2. The molecular formula is C14H29Cl2N3O. The van der Waals surface area contributed by atoms with Crippen LogP contribution >= 0.6 is 24.8 Å². The number of likely N-dealkylation sites (N-methyl/N-ethyl adjacent to an activating group) is 1. The zero-order valence-corrected chi connectivity index (χ0v) is 14.3. The van der Waals surface area contributed by atoms with Gasteiger partial charge in [-0.15, -0.1) is 24.8 Å². The maximum absolute atomic E-state index is 12.7. The van der Waals surface area contributed by atoms with Crippen molar-refractivity contribution in [2.24, 2.45) is 11.1 Å². The first kappa shape index (κ1) is 20.0. The first-order valence-electron chi connectivity index (χ1n) is 7.25. The van der Waals surface area contributed by atoms with E-state index in [0.29, 0.717) is 18.5 Å². The molecule has 1 unspecified atom stereocenters. The average molecular weight is 326 g/mol. The largest absolute Gasteiger partial charge is 0.341 e. The summed E-state index contributed by atoms with van der Waals surface area (Å²) >= 11 is 0. The van der Waals surface area contributed by atoms with Crippen LogP contribution in [-0.4, -0.2) is 55.5 Å². The highest BCUT2D eigenvalue weighted by atomic mass is 35.5. The number of carbonyl (C=O) groups excluding carboxylic acids is 1. The molecule has 0 spiro atoms. The summed E-state index contributed by atoms with van der Waals surface area (Å²) in [7, 11) is 4.21. The summed E-state index contributed by atoms with van der Waals surface area (Å²) in [4.78, 5) is 17.1. The Bertz CT molecular complexity index is 307. The van der Waals surface area contributed by atoms with Crippen molar-refractivity contribution in [1.82, 2.24) is 9.80 Å². The van der Waals surface area contributed by atoms with Gasteiger partial charge < -0.3 is 15.5 Å². The number of carbonyl (C=O) groups is 1. The number of rotatable bonds is 3. The third-order valence-corrected chi connectivity index (χ3v) is 4.82. The van der Waals surface area contributed by atoms with Crippen molar-refractivity contribution in [2.75, 3.05) is 33.7 Å². The van der Waals surface area contributed by atoms with E-state index in [9.17, 15) is 4.79 Å². The standard InChI is InChI=1S/C14H27N3O.2ClH/c1-16(2)12-6-5-9-17(10-12)13(18)14(11-15)7-3-4-8-14;;/h12H,3-11,15H2,1-2H3;2*1H. The highest BCUT2D eigenvalue weighted by Gasteiger charge is 2.43. The minimum absolute atomic E-state index is 0. The molecule has 6 heteroatoms. The third-order valence-electron chi connectivity index (χ3n) is 4.82. The van der Waals surface area contributed by atoms with Crippen LogP contribution in [0.4, 0.5) is 0 Å². The SMILES string of the molecule is CN(C)C1CCCN(C(=O)C2(CN)CCCC2)C1.Cl.Cl. The minimum Gasteiger partial charge on any atom is -0.341 e. The zero-order valence-electron chi connectivity index (χ0n) is 12.6. The Labute approximate surface area is 135 Å². The predicted octanol–water partition coefficient (Wildman–Crippen LogP) is 1.90. The molecule has 0 bridgehead atoms. The average Bonchev–Trinajstić information content (AvgIpc) is 2.88. The van der Waals surface area contributed by atoms with Crippen molar-refractivity contribution in [3.05, 3.63) is 0 Å². The van der Waals surface area contributed by atoms with Gasteiger partial charge >= 0.3 is 0 Å². The van der Waals surface area contributed by atoms with Gasteiger partial charge in [0, 0.05) is 25.7 Å². The molecule has 2 fully saturated rings. The van der Waals surface area contributed by atoms with E-state index < -0.39 is 0 Å². The summed E-state index contributed by atoms with van der Waals surface area (Å²) in [6, 6.07) is 0.513. The smallest absolute Gasteiger partial charge is 0.230 e. The molecule has 0 aromatic heterocycles. The van der Waals surface area contributed by atoms with Gasteiger partial charge in [0.15, 0.2) is 0 Å². The monoisotopic (exact) mass is 325 g/mol. The minimum atomic E-state index is -0.228. The van der Waals surface area contributed by atoms with Gasteiger partial charge in [-0.05, 0) is 39.8 Å². The number of piperidine rings is 1. The maximum Gasteiger partial charge on any atom is 0.230 e. The van der Waals surface area contributed by atoms with Gasteiger partial charge in [0.2, 0.25) is 5.91 Å². The van der Waals surface area contributed by atoms with Crippen molar-refractivity contribution < 1.29 is 4.79 Å². The van der Waals surface area contributed by atoms with Crippen LogP contribution in [0, 0.1) is 5.41 Å². The molecule has 20 heavy (non-hydrogen) atoms. The molecule has 1 saturated carbocycles. The number of likely N-dealkylation sites (tertiary alicyclic amines) is 1. The normalized spacial score (nSPS) is 25.0. The maximum atomic E-state index is 12.7. The van der Waals surface area contributed by atoms with Crippen LogP contribution < -0.4 is 5.73 Å². The first-order chi connectivity index (χ1) is 8.59. The molecule has 0 radical (unpaired) electrons. The summed E-state index contributed by atoms with van der Waals surface area (Å²) in [5, 5.41) is 0. The molecule has 4 nitrogen and oxygen atoms in total. The molecule has 0 aromatic carbocycles. The number of nitrogens with two attached hydrogens (primary N) is 1. The lowest BCUT2D eigenvalue weighted by atomic mass is 9.84. The van der Waals surface area contributed by atoms with Crippen molar-refractivity contribution in [3.63, 3.8) is 0 Å². The highest BCUT2D eigenvalue weighted by Crippen LogP contribution is 2.39. The third kappa shape index (κ3) is 4.00. The molecule has 1 aliphatic heterocycles. The molecule has 2 rings (SSSR count). The Kier molecular flexibility index (Phi) is 8.41. The van der Waals surface area contributed by atoms with Gasteiger partial charge in [-0.1, -0.05) is 12.8 Å². The molecule has 0 aromatic rings. The fourth-order valence-electron chi connectivity index (χ4n) is 3.45. The quantitative estimate of drug-likeness (QED) is 0.862. The van der Waals surface area contributed by atoms with E-state index in [1.165, 1.54) is 6.42 Å². The number of amides is 1. The van der Waals surface area contributed by atoms with Gasteiger partial charge in [0.25, 0.3) is 0 Å². The molecular weight excluding hydrogens is 297 g/mol. The predicted molar refractivity (Wildman–Crippen MR) is 87.7 cm³/mol. The van der Waals surface area contributed by atoms with Gasteiger partial charge in [-0.25, -0.2) is 0 Å². The van der Waals surface area contributed by atoms with Gasteiger partial charge in [0.1, 0.15) is 0 Å². The fraction of sp³-hybridized carbons (Fsp3) is 0.929. The van der Waals surface area contributed by atoms with E-state index in [2.05, 4.69) is 23.9 Å². The second-order valence-corrected chi connectivity index (χ2v) is 6.20. The van der Waals surface area contributed by atoms with E-state index >= 15 is 0 Å². The van der Waals surface area contributed by atoms with E-state index in [0.717, 1.165) is 45.2 Å². The first-order valence-corrected chi connectivity index (χ1v) is 7.25. The van der Waals surface area contributed by atoms with Crippen LogP contribution in [0.5, 0.6) is 0 Å². The molecule has 1 atom stereocenters. The number of nitrogens with zero attached hydrogens (tertiary/aromatic N) is 2. The molecule has 1 saturated heterocycles. The van der Waals surface area contributed by atoms with Crippen LogP contribution in [0.25, 0.3) is 0 Å². The lowest BCUT2D eigenvalue weighted by Crippen LogP contribution is -2.53. The second kappa shape index (κ2) is 8.42. The van der Waals surface area contributed by atoms with E-state index in [1.54, 1.807) is 0 Å². The summed E-state index contributed by atoms with van der Waals surface area (Å²) in [5.41, 5.74) is 5.68. The number of hydrogen-bond donors (Lipinski definition) is 1. The van der Waals surface area contributed by atoms with E-state index in [1.807, 2.05) is 0 Å². The Morgan fingerprint density at radius 2 is 1.85 bits per heavy atom. The summed E-state index contributed by atoms with van der Waals surface area (Å²) < 4.78 is 0. The molecule has 120 valence electrons. The van der Waals surface area contributed by atoms with Crippen molar-refractivity contribution in [2.45, 2.75) is 44.6 Å². The fourth-order valence-corrected chi connectivity index (χ4v) is 3.45. The second-order valence-electron chi connectivity index (χ2n) is 6.20. The van der Waals surface area contributed by atoms with Crippen LogP contribution in [0.3, 0.4) is 0 Å². The van der Waals surface area contributed by atoms with Crippen LogP contribution in [0.15, 0.2) is 0 Å². The van der Waals surface area contributed by atoms with Crippen LogP contribution in [-0.2, 0) is 4.79 Å². The Morgan fingerprint density at radius 1 is 1.25 bits per heavy atom. The highest BCUT2D eigenvalue weighted by molar-refractivity contribution is 5.85. The lowest BCUT2D eigenvalue weighted by molar-refractivity contribution is -0.143. The van der Waals surface area contributed by atoms with Crippen LogP contribution in [0.2, 0.25) is 0 Å². The lowest BCUT2D eigenvalue weighted by Gasteiger charge is -2.40. The molecule has 1 amide bonds. The molecule has 2 aliphatic rings. The Hall–Kier alpha value is -0.0300. The van der Waals surface area contributed by atoms with E-state index in [4.69, 9.17) is 5.73 Å². The van der Waals surface area contributed by atoms with Crippen molar-refractivity contribution in [3.8, 4) is 0 Å². The van der Waals surface area contributed by atoms with Gasteiger partial charge in [-0.3, -0.25) is 4.79 Å². The Balaban J connectivity index is 0.00000180. The molecule has 1 aliphatic carbocycles. The number of hydrogen-bond acceptors (Lipinski definition) is 3. The van der Waals surface area contributed by atoms with Gasteiger partial charge in [-0.2, -0.15) is 0 Å². The molecule has 2 N–H and O–H groups in total. The zero-order chi connectivity index (χ0) is 13.2. The van der Waals surface area contributed by atoms with Gasteiger partial charge in [0.05, 0.1) is 5.41 Å². The van der Waals surface area contributed by atoms with Crippen molar-refractivity contribution in [1.29, 1.82) is 0 Å².